The van der Waals surface area contributed by atoms with Crippen LogP contribution in [0.2, 0.25) is 0 Å². The molecule has 1 aliphatic heterocycles. The molecule has 1 aromatic heterocycles. The Morgan fingerprint density at radius 2 is 1.93 bits per heavy atom. The number of anilines is 1. The number of carbonyl (C=O) groups is 1. The Morgan fingerprint density at radius 3 is 2.68 bits per heavy atom. The van der Waals surface area contributed by atoms with Gasteiger partial charge in [0.1, 0.15) is 5.82 Å². The van der Waals surface area contributed by atoms with E-state index in [-0.39, 0.29) is 17.8 Å². The van der Waals surface area contributed by atoms with Gasteiger partial charge in [0.2, 0.25) is 11.7 Å². The van der Waals surface area contributed by atoms with Crippen LogP contribution in [0.5, 0.6) is 0 Å². The largest absolute Gasteiger partial charge is 0.339 e. The van der Waals surface area contributed by atoms with E-state index < -0.39 is 0 Å². The van der Waals surface area contributed by atoms with Crippen molar-refractivity contribution in [2.75, 3.05) is 18.4 Å². The maximum atomic E-state index is 13.1. The molecule has 0 aliphatic carbocycles. The molecule has 3 aromatic rings. The molecule has 1 saturated heterocycles. The number of carbonyl (C=O) groups excluding carboxylic acids is 1. The second-order valence-electron chi connectivity index (χ2n) is 6.69. The Balaban J connectivity index is 1.43. The first-order valence-corrected chi connectivity index (χ1v) is 9.79. The number of hydrogen-bond acceptors (Lipinski definition) is 4. The topological polar surface area (TPSA) is 71.3 Å². The van der Waals surface area contributed by atoms with Crippen LogP contribution in [0.3, 0.4) is 0 Å². The number of piperidine rings is 1. The summed E-state index contributed by atoms with van der Waals surface area (Å²) in [5, 5.41) is 6.92. The molecule has 1 aliphatic rings. The van der Waals surface area contributed by atoms with Crippen molar-refractivity contribution >= 4 is 27.6 Å². The summed E-state index contributed by atoms with van der Waals surface area (Å²) in [6.45, 7) is 1.19. The number of nitrogens with one attached hydrogen (secondary N) is 1. The van der Waals surface area contributed by atoms with Crippen LogP contribution < -0.4 is 5.32 Å². The Labute approximate surface area is 169 Å². The van der Waals surface area contributed by atoms with Gasteiger partial charge in [-0.3, -0.25) is 0 Å². The minimum Gasteiger partial charge on any atom is -0.339 e. The third kappa shape index (κ3) is 4.22. The van der Waals surface area contributed by atoms with E-state index in [4.69, 9.17) is 4.52 Å². The Hall–Kier alpha value is -2.74. The lowest BCUT2D eigenvalue weighted by atomic mass is 9.98. The maximum Gasteiger partial charge on any atom is 0.321 e. The highest BCUT2D eigenvalue weighted by atomic mass is 79.9. The number of halogens is 2. The average molecular weight is 445 g/mol. The first kappa shape index (κ1) is 18.6. The molecule has 4 rings (SSSR count). The summed E-state index contributed by atoms with van der Waals surface area (Å²) in [4.78, 5) is 18.8. The number of likely N-dealkylation sites (tertiary alicyclic amines) is 1. The zero-order chi connectivity index (χ0) is 19.5. The lowest BCUT2D eigenvalue weighted by Gasteiger charge is -2.31. The molecule has 1 N–H and O–H groups in total. The molecular formula is C20H18BrFN4O2. The monoisotopic (exact) mass is 444 g/mol. The summed E-state index contributed by atoms with van der Waals surface area (Å²) < 4.78 is 19.5. The van der Waals surface area contributed by atoms with Crippen molar-refractivity contribution in [2.24, 2.45) is 0 Å². The highest BCUT2D eigenvalue weighted by molar-refractivity contribution is 9.10. The van der Waals surface area contributed by atoms with Crippen molar-refractivity contribution in [1.82, 2.24) is 15.0 Å². The summed E-state index contributed by atoms with van der Waals surface area (Å²) in [6, 6.07) is 13.2. The zero-order valence-corrected chi connectivity index (χ0v) is 16.5. The molecule has 0 radical (unpaired) electrons. The van der Waals surface area contributed by atoms with Gasteiger partial charge in [0.25, 0.3) is 0 Å². The van der Waals surface area contributed by atoms with Crippen molar-refractivity contribution in [3.8, 4) is 11.4 Å². The lowest BCUT2D eigenvalue weighted by Crippen LogP contribution is -2.41. The Bertz CT molecular complexity index is 959. The van der Waals surface area contributed by atoms with Crippen molar-refractivity contribution in [2.45, 2.75) is 18.8 Å². The fraction of sp³-hybridized carbons (Fsp3) is 0.250. The number of amides is 2. The highest BCUT2D eigenvalue weighted by Gasteiger charge is 2.28. The first-order valence-electron chi connectivity index (χ1n) is 8.99. The van der Waals surface area contributed by atoms with Gasteiger partial charge in [-0.25, -0.2) is 9.18 Å². The van der Waals surface area contributed by atoms with Gasteiger partial charge in [-0.2, -0.15) is 4.98 Å². The fourth-order valence-corrected chi connectivity index (χ4v) is 3.48. The van der Waals surface area contributed by atoms with Crippen LogP contribution in [0.4, 0.5) is 14.9 Å². The minimum absolute atomic E-state index is 0.0221. The SMILES string of the molecule is O=C(Nc1ccc(Br)cc1)N1CCCC(c2nc(-c3ccc(F)cc3)no2)C1. The van der Waals surface area contributed by atoms with Crippen LogP contribution in [0, 0.1) is 5.82 Å². The zero-order valence-electron chi connectivity index (χ0n) is 14.9. The van der Waals surface area contributed by atoms with Crippen LogP contribution in [-0.4, -0.2) is 34.2 Å². The summed E-state index contributed by atoms with van der Waals surface area (Å²) >= 11 is 3.38. The number of hydrogen-bond donors (Lipinski definition) is 1. The van der Waals surface area contributed by atoms with Crippen molar-refractivity contribution in [3.63, 3.8) is 0 Å². The van der Waals surface area contributed by atoms with Crippen LogP contribution in [-0.2, 0) is 0 Å². The third-order valence-corrected chi connectivity index (χ3v) is 5.23. The van der Waals surface area contributed by atoms with E-state index in [0.717, 1.165) is 23.0 Å². The van der Waals surface area contributed by atoms with Crippen molar-refractivity contribution in [1.29, 1.82) is 0 Å². The number of nitrogens with zero attached hydrogens (tertiary/aromatic N) is 3. The molecule has 0 saturated carbocycles. The smallest absolute Gasteiger partial charge is 0.321 e. The lowest BCUT2D eigenvalue weighted by molar-refractivity contribution is 0.184. The molecule has 2 heterocycles. The second kappa shape index (κ2) is 8.10. The minimum atomic E-state index is -0.313. The molecule has 144 valence electrons. The molecule has 1 fully saturated rings. The Kier molecular flexibility index (Phi) is 5.38. The standard InChI is InChI=1S/C20H18BrFN4O2/c21-15-5-9-17(10-6-15)23-20(27)26-11-1-2-14(12-26)19-24-18(25-28-19)13-3-7-16(22)8-4-13/h3-10,14H,1-2,11-12H2,(H,23,27). The molecule has 2 amide bonds. The number of urea groups is 1. The first-order chi connectivity index (χ1) is 13.6. The molecule has 28 heavy (non-hydrogen) atoms. The maximum absolute atomic E-state index is 13.1. The van der Waals surface area contributed by atoms with Gasteiger partial charge in [0, 0.05) is 28.8 Å². The van der Waals surface area contributed by atoms with Gasteiger partial charge in [-0.05, 0) is 61.4 Å². The third-order valence-electron chi connectivity index (χ3n) is 4.70. The summed E-state index contributed by atoms with van der Waals surface area (Å²) in [7, 11) is 0. The van der Waals surface area contributed by atoms with E-state index in [9.17, 15) is 9.18 Å². The van der Waals surface area contributed by atoms with E-state index in [1.54, 1.807) is 17.0 Å². The van der Waals surface area contributed by atoms with Crippen LogP contribution >= 0.6 is 15.9 Å². The van der Waals surface area contributed by atoms with Gasteiger partial charge in [0.15, 0.2) is 0 Å². The summed E-state index contributed by atoms with van der Waals surface area (Å²) in [5.41, 5.74) is 1.43. The molecule has 0 bridgehead atoms. The van der Waals surface area contributed by atoms with E-state index in [2.05, 4.69) is 31.4 Å². The quantitative estimate of drug-likeness (QED) is 0.613. The Morgan fingerprint density at radius 1 is 1.18 bits per heavy atom. The number of aromatic nitrogens is 2. The number of rotatable bonds is 3. The van der Waals surface area contributed by atoms with Gasteiger partial charge >= 0.3 is 6.03 Å². The normalized spacial score (nSPS) is 16.8. The molecule has 0 spiro atoms. The predicted molar refractivity (Wildman–Crippen MR) is 106 cm³/mol. The predicted octanol–water partition coefficient (Wildman–Crippen LogP) is 5.05. The van der Waals surface area contributed by atoms with E-state index >= 15 is 0 Å². The number of benzene rings is 2. The van der Waals surface area contributed by atoms with Gasteiger partial charge in [-0.15, -0.1) is 0 Å². The average Bonchev–Trinajstić information content (AvgIpc) is 3.21. The molecule has 8 heteroatoms. The molecule has 1 unspecified atom stereocenters. The van der Waals surface area contributed by atoms with E-state index in [1.807, 2.05) is 24.3 Å². The van der Waals surface area contributed by atoms with E-state index in [0.29, 0.717) is 30.4 Å². The van der Waals surface area contributed by atoms with Gasteiger partial charge in [0.05, 0.1) is 5.92 Å². The van der Waals surface area contributed by atoms with Crippen LogP contribution in [0.25, 0.3) is 11.4 Å². The molecule has 2 aromatic carbocycles. The van der Waals surface area contributed by atoms with E-state index in [1.165, 1.54) is 12.1 Å². The van der Waals surface area contributed by atoms with Gasteiger partial charge < -0.3 is 14.7 Å². The van der Waals surface area contributed by atoms with Crippen LogP contribution in [0.1, 0.15) is 24.7 Å². The van der Waals surface area contributed by atoms with Crippen LogP contribution in [0.15, 0.2) is 57.5 Å². The van der Waals surface area contributed by atoms with Gasteiger partial charge in [-0.1, -0.05) is 21.1 Å². The summed E-state index contributed by atoms with van der Waals surface area (Å²) in [5.74, 6) is 0.588. The summed E-state index contributed by atoms with van der Waals surface area (Å²) in [6.07, 6.45) is 1.72. The molecular weight excluding hydrogens is 427 g/mol. The van der Waals surface area contributed by atoms with Crippen molar-refractivity contribution < 1.29 is 13.7 Å². The fourth-order valence-electron chi connectivity index (χ4n) is 3.22. The van der Waals surface area contributed by atoms with Crippen molar-refractivity contribution in [3.05, 3.63) is 64.7 Å². The highest BCUT2D eigenvalue weighted by Crippen LogP contribution is 2.28. The molecule has 6 nitrogen and oxygen atoms in total. The second-order valence-corrected chi connectivity index (χ2v) is 7.60. The molecule has 1 atom stereocenters.